The summed E-state index contributed by atoms with van der Waals surface area (Å²) in [7, 11) is 0. The fourth-order valence-corrected chi connectivity index (χ4v) is 2.37. The van der Waals surface area contributed by atoms with Crippen LogP contribution in [0.4, 0.5) is 5.82 Å². The van der Waals surface area contributed by atoms with E-state index in [4.69, 9.17) is 17.3 Å². The first-order valence-electron chi connectivity index (χ1n) is 6.33. The van der Waals surface area contributed by atoms with E-state index >= 15 is 0 Å². The van der Waals surface area contributed by atoms with E-state index in [-0.39, 0.29) is 6.04 Å². The molecule has 3 N–H and O–H groups in total. The van der Waals surface area contributed by atoms with Crippen molar-refractivity contribution in [1.82, 2.24) is 10.3 Å². The molecule has 2 aromatic rings. The molecule has 0 saturated carbocycles. The van der Waals surface area contributed by atoms with E-state index in [2.05, 4.69) is 36.3 Å². The molecule has 3 nitrogen and oxygen atoms in total. The lowest BCUT2D eigenvalue weighted by molar-refractivity contribution is 0.627. The zero-order valence-corrected chi connectivity index (χ0v) is 11.9. The van der Waals surface area contributed by atoms with Gasteiger partial charge in [-0.05, 0) is 30.7 Å². The molecular weight excluding hydrogens is 258 g/mol. The topological polar surface area (TPSA) is 50.9 Å². The molecule has 0 radical (unpaired) electrons. The molecule has 19 heavy (non-hydrogen) atoms. The molecule has 1 unspecified atom stereocenters. The summed E-state index contributed by atoms with van der Waals surface area (Å²) in [6.07, 6.45) is 1.57. The highest BCUT2D eigenvalue weighted by Crippen LogP contribution is 2.29. The molecule has 0 bridgehead atoms. The highest BCUT2D eigenvalue weighted by Gasteiger charge is 2.18. The Morgan fingerprint density at radius 2 is 2.05 bits per heavy atom. The van der Waals surface area contributed by atoms with Gasteiger partial charge in [0.15, 0.2) is 0 Å². The van der Waals surface area contributed by atoms with Gasteiger partial charge in [0.25, 0.3) is 0 Å². The van der Waals surface area contributed by atoms with Crippen LogP contribution in [0.2, 0.25) is 5.02 Å². The molecule has 0 aliphatic heterocycles. The highest BCUT2D eigenvalue weighted by molar-refractivity contribution is 6.30. The first-order chi connectivity index (χ1) is 9.13. The number of halogens is 1. The van der Waals surface area contributed by atoms with Gasteiger partial charge in [-0.15, -0.1) is 0 Å². The zero-order chi connectivity index (χ0) is 13.8. The lowest BCUT2D eigenvalue weighted by Crippen LogP contribution is -2.24. The summed E-state index contributed by atoms with van der Waals surface area (Å²) in [6.45, 7) is 5.00. The number of hydrogen-bond donors (Lipinski definition) is 2. The lowest BCUT2D eigenvalue weighted by Gasteiger charge is -2.22. The number of pyridine rings is 1. The molecule has 0 saturated heterocycles. The molecule has 0 fully saturated rings. The van der Waals surface area contributed by atoms with Gasteiger partial charge in [0, 0.05) is 11.8 Å². The number of nitrogen functional groups attached to an aromatic ring is 1. The largest absolute Gasteiger partial charge is 0.383 e. The second kappa shape index (κ2) is 6.04. The molecule has 0 spiro atoms. The Morgan fingerprint density at radius 1 is 1.32 bits per heavy atom. The molecule has 1 heterocycles. The van der Waals surface area contributed by atoms with Crippen LogP contribution in [0.25, 0.3) is 0 Å². The third-order valence-electron chi connectivity index (χ3n) is 3.13. The normalized spacial score (nSPS) is 12.4. The van der Waals surface area contributed by atoms with Crippen molar-refractivity contribution >= 4 is 17.4 Å². The van der Waals surface area contributed by atoms with E-state index in [1.807, 2.05) is 18.2 Å². The van der Waals surface area contributed by atoms with Crippen molar-refractivity contribution in [3.8, 4) is 0 Å². The third kappa shape index (κ3) is 3.06. The minimum atomic E-state index is 0.0115. The van der Waals surface area contributed by atoms with Gasteiger partial charge in [-0.3, -0.25) is 0 Å². The van der Waals surface area contributed by atoms with Gasteiger partial charge in [0.2, 0.25) is 0 Å². The molecule has 1 aromatic heterocycles. The maximum absolute atomic E-state index is 6.04. The number of anilines is 1. The number of nitrogens with zero attached hydrogens (tertiary/aromatic N) is 1. The predicted molar refractivity (Wildman–Crippen MR) is 80.4 cm³/mol. The first kappa shape index (κ1) is 13.8. The van der Waals surface area contributed by atoms with Crippen molar-refractivity contribution in [1.29, 1.82) is 0 Å². The summed E-state index contributed by atoms with van der Waals surface area (Å²) < 4.78 is 0. The summed E-state index contributed by atoms with van der Waals surface area (Å²) in [6, 6.07) is 10.1. The average molecular weight is 276 g/mol. The first-order valence-corrected chi connectivity index (χ1v) is 6.71. The second-order valence-electron chi connectivity index (χ2n) is 4.48. The van der Waals surface area contributed by atoms with Crippen molar-refractivity contribution in [3.05, 3.63) is 58.2 Å². The highest BCUT2D eigenvalue weighted by atomic mass is 35.5. The minimum absolute atomic E-state index is 0.0115. The summed E-state index contributed by atoms with van der Waals surface area (Å²) in [4.78, 5) is 4.14. The van der Waals surface area contributed by atoms with Crippen LogP contribution < -0.4 is 11.1 Å². The van der Waals surface area contributed by atoms with Crippen molar-refractivity contribution in [2.75, 3.05) is 12.3 Å². The Morgan fingerprint density at radius 3 is 2.74 bits per heavy atom. The fourth-order valence-electron chi connectivity index (χ4n) is 2.20. The van der Waals surface area contributed by atoms with Crippen molar-refractivity contribution in [3.63, 3.8) is 0 Å². The Bertz CT molecular complexity index is 569. The van der Waals surface area contributed by atoms with Gasteiger partial charge in [-0.2, -0.15) is 0 Å². The molecule has 2 rings (SSSR count). The van der Waals surface area contributed by atoms with Crippen LogP contribution in [0.15, 0.2) is 36.5 Å². The number of hydrogen-bond acceptors (Lipinski definition) is 3. The van der Waals surface area contributed by atoms with Crippen molar-refractivity contribution in [2.24, 2.45) is 0 Å². The van der Waals surface area contributed by atoms with Gasteiger partial charge in [0.1, 0.15) is 5.82 Å². The molecule has 1 aromatic carbocycles. The molecule has 1 atom stereocenters. The third-order valence-corrected chi connectivity index (χ3v) is 3.34. The number of aryl methyl sites for hydroxylation is 1. The second-order valence-corrected chi connectivity index (χ2v) is 4.91. The molecule has 100 valence electrons. The average Bonchev–Trinajstić information content (AvgIpc) is 2.40. The Labute approximate surface area is 118 Å². The number of rotatable bonds is 4. The quantitative estimate of drug-likeness (QED) is 0.900. The number of aromatic nitrogens is 1. The van der Waals surface area contributed by atoms with Crippen LogP contribution in [0, 0.1) is 6.92 Å². The SMILES string of the molecule is CCNC(c1ccccc1C)c1cc(Cl)cnc1N. The van der Waals surface area contributed by atoms with Crippen LogP contribution in [0.1, 0.15) is 29.7 Å². The van der Waals surface area contributed by atoms with Gasteiger partial charge in [-0.1, -0.05) is 42.8 Å². The minimum Gasteiger partial charge on any atom is -0.383 e. The standard InChI is InChI=1S/C15H18ClN3/c1-3-18-14(12-7-5-4-6-10(12)2)13-8-11(16)9-19-15(13)17/h4-9,14,18H,3H2,1-2H3,(H2,17,19). The summed E-state index contributed by atoms with van der Waals surface area (Å²) in [5.74, 6) is 0.513. The summed E-state index contributed by atoms with van der Waals surface area (Å²) in [5.41, 5.74) is 9.33. The molecular formula is C15H18ClN3. The fraction of sp³-hybridized carbons (Fsp3) is 0.267. The van der Waals surface area contributed by atoms with Crippen molar-refractivity contribution in [2.45, 2.75) is 19.9 Å². The van der Waals surface area contributed by atoms with Gasteiger partial charge in [0.05, 0.1) is 11.1 Å². The van der Waals surface area contributed by atoms with Gasteiger partial charge in [-0.25, -0.2) is 4.98 Å². The molecule has 0 aliphatic rings. The number of nitrogens with one attached hydrogen (secondary N) is 1. The monoisotopic (exact) mass is 275 g/mol. The van der Waals surface area contributed by atoms with E-state index in [0.29, 0.717) is 10.8 Å². The van der Waals surface area contributed by atoms with E-state index < -0.39 is 0 Å². The Balaban J connectivity index is 2.51. The van der Waals surface area contributed by atoms with Crippen LogP contribution in [0.3, 0.4) is 0 Å². The predicted octanol–water partition coefficient (Wildman–Crippen LogP) is 3.32. The lowest BCUT2D eigenvalue weighted by atomic mass is 9.95. The van der Waals surface area contributed by atoms with E-state index in [1.54, 1.807) is 6.20 Å². The van der Waals surface area contributed by atoms with Crippen LogP contribution in [-0.4, -0.2) is 11.5 Å². The van der Waals surface area contributed by atoms with E-state index in [1.165, 1.54) is 11.1 Å². The molecule has 4 heteroatoms. The Kier molecular flexibility index (Phi) is 4.40. The number of nitrogens with two attached hydrogens (primary N) is 1. The smallest absolute Gasteiger partial charge is 0.128 e. The molecule has 0 aliphatic carbocycles. The van der Waals surface area contributed by atoms with Crippen LogP contribution >= 0.6 is 11.6 Å². The maximum atomic E-state index is 6.04. The van der Waals surface area contributed by atoms with Crippen molar-refractivity contribution < 1.29 is 0 Å². The zero-order valence-electron chi connectivity index (χ0n) is 11.2. The van der Waals surface area contributed by atoms with E-state index in [0.717, 1.165) is 12.1 Å². The maximum Gasteiger partial charge on any atom is 0.128 e. The van der Waals surface area contributed by atoms with Crippen LogP contribution in [-0.2, 0) is 0 Å². The molecule has 0 amide bonds. The van der Waals surface area contributed by atoms with E-state index in [9.17, 15) is 0 Å². The summed E-state index contributed by atoms with van der Waals surface area (Å²) in [5, 5.41) is 4.04. The number of benzene rings is 1. The van der Waals surface area contributed by atoms with Crippen LogP contribution in [0.5, 0.6) is 0 Å². The Hall–Kier alpha value is -1.58. The van der Waals surface area contributed by atoms with Gasteiger partial charge >= 0.3 is 0 Å². The van der Waals surface area contributed by atoms with Gasteiger partial charge < -0.3 is 11.1 Å². The summed E-state index contributed by atoms with van der Waals surface area (Å²) >= 11 is 6.04.